The Morgan fingerprint density at radius 1 is 1.41 bits per heavy atom. The summed E-state index contributed by atoms with van der Waals surface area (Å²) < 4.78 is 11.0. The van der Waals surface area contributed by atoms with Crippen molar-refractivity contribution in [2.45, 2.75) is 26.7 Å². The van der Waals surface area contributed by atoms with Gasteiger partial charge in [-0.2, -0.15) is 9.36 Å². The summed E-state index contributed by atoms with van der Waals surface area (Å²) in [6, 6.07) is 5.94. The van der Waals surface area contributed by atoms with Crippen molar-refractivity contribution in [1.29, 1.82) is 0 Å². The highest BCUT2D eigenvalue weighted by atomic mass is 79.9. The molecular weight excluding hydrogens is 300 g/mol. The summed E-state index contributed by atoms with van der Waals surface area (Å²) in [6.07, 6.45) is 1.95. The van der Waals surface area contributed by atoms with E-state index in [1.165, 1.54) is 11.5 Å². The van der Waals surface area contributed by atoms with Gasteiger partial charge in [-0.3, -0.25) is 0 Å². The predicted molar refractivity (Wildman–Crippen MR) is 72.9 cm³/mol. The molecule has 0 N–H and O–H groups in total. The zero-order valence-electron chi connectivity index (χ0n) is 9.74. The molecule has 0 atom stereocenters. The van der Waals surface area contributed by atoms with Gasteiger partial charge in [0.25, 0.3) is 5.19 Å². The third-order valence-corrected chi connectivity index (χ3v) is 3.40. The monoisotopic (exact) mass is 312 g/mol. The first-order chi connectivity index (χ1) is 8.19. The molecule has 0 aliphatic rings. The van der Waals surface area contributed by atoms with Crippen molar-refractivity contribution in [2.24, 2.45) is 0 Å². The highest BCUT2D eigenvalue weighted by Crippen LogP contribution is 2.29. The van der Waals surface area contributed by atoms with Gasteiger partial charge in [-0.25, -0.2) is 0 Å². The van der Waals surface area contributed by atoms with Gasteiger partial charge in [0.1, 0.15) is 11.6 Å². The summed E-state index contributed by atoms with van der Waals surface area (Å²) in [6.45, 7) is 4.12. The minimum absolute atomic E-state index is 0.606. The van der Waals surface area contributed by atoms with Gasteiger partial charge >= 0.3 is 0 Å². The minimum Gasteiger partial charge on any atom is -0.430 e. The van der Waals surface area contributed by atoms with E-state index in [4.69, 9.17) is 4.74 Å². The molecule has 17 heavy (non-hydrogen) atoms. The van der Waals surface area contributed by atoms with Gasteiger partial charge < -0.3 is 4.74 Å². The van der Waals surface area contributed by atoms with Crippen molar-refractivity contribution < 1.29 is 4.74 Å². The van der Waals surface area contributed by atoms with Crippen LogP contribution in [0.25, 0.3) is 0 Å². The number of benzene rings is 1. The number of hydrogen-bond donors (Lipinski definition) is 0. The van der Waals surface area contributed by atoms with Gasteiger partial charge in [0.05, 0.1) is 0 Å². The average molecular weight is 313 g/mol. The topological polar surface area (TPSA) is 35.0 Å². The van der Waals surface area contributed by atoms with Crippen LogP contribution in [0.1, 0.15) is 24.7 Å². The molecule has 0 unspecified atom stereocenters. The molecule has 0 bridgehead atoms. The van der Waals surface area contributed by atoms with Crippen LogP contribution < -0.4 is 4.74 Å². The van der Waals surface area contributed by atoms with Crippen LogP contribution in [0.3, 0.4) is 0 Å². The van der Waals surface area contributed by atoms with Gasteiger partial charge in [-0.05, 0) is 31.0 Å². The highest BCUT2D eigenvalue weighted by molar-refractivity contribution is 9.10. The van der Waals surface area contributed by atoms with Gasteiger partial charge in [0.15, 0.2) is 0 Å². The SMILES string of the molecule is CCCc1nsc(Oc2cc(Br)ccc2C)n1. The summed E-state index contributed by atoms with van der Waals surface area (Å²) in [5, 5.41) is 0.606. The maximum atomic E-state index is 5.73. The molecule has 0 fully saturated rings. The smallest absolute Gasteiger partial charge is 0.298 e. The van der Waals surface area contributed by atoms with E-state index >= 15 is 0 Å². The number of aromatic nitrogens is 2. The lowest BCUT2D eigenvalue weighted by atomic mass is 10.2. The predicted octanol–water partition coefficient (Wildman–Crippen LogP) is 4.35. The quantitative estimate of drug-likeness (QED) is 0.841. The second kappa shape index (κ2) is 5.60. The van der Waals surface area contributed by atoms with E-state index in [1.807, 2.05) is 25.1 Å². The maximum absolute atomic E-state index is 5.73. The number of ether oxygens (including phenoxy) is 1. The third kappa shape index (κ3) is 3.26. The number of halogens is 1. The third-order valence-electron chi connectivity index (χ3n) is 2.27. The molecule has 1 heterocycles. The van der Waals surface area contributed by atoms with Crippen LogP contribution in [-0.2, 0) is 6.42 Å². The number of rotatable bonds is 4. The number of hydrogen-bond acceptors (Lipinski definition) is 4. The molecular formula is C12H13BrN2OS. The Kier molecular flexibility index (Phi) is 4.12. The molecule has 0 spiro atoms. The van der Waals surface area contributed by atoms with Crippen molar-refractivity contribution in [3.63, 3.8) is 0 Å². The Morgan fingerprint density at radius 2 is 2.24 bits per heavy atom. The largest absolute Gasteiger partial charge is 0.430 e. The zero-order chi connectivity index (χ0) is 12.3. The normalized spacial score (nSPS) is 10.5. The number of nitrogens with zero attached hydrogens (tertiary/aromatic N) is 2. The molecule has 2 rings (SSSR count). The summed E-state index contributed by atoms with van der Waals surface area (Å²) in [5.74, 6) is 1.68. The molecule has 2 aromatic rings. The fourth-order valence-corrected chi connectivity index (χ4v) is 2.31. The highest BCUT2D eigenvalue weighted by Gasteiger charge is 2.07. The van der Waals surface area contributed by atoms with Crippen molar-refractivity contribution in [1.82, 2.24) is 9.36 Å². The fourth-order valence-electron chi connectivity index (χ4n) is 1.38. The van der Waals surface area contributed by atoms with Crippen LogP contribution in [-0.4, -0.2) is 9.36 Å². The first-order valence-electron chi connectivity index (χ1n) is 5.45. The van der Waals surface area contributed by atoms with E-state index in [-0.39, 0.29) is 0 Å². The first-order valence-corrected chi connectivity index (χ1v) is 7.02. The Balaban J connectivity index is 2.16. The van der Waals surface area contributed by atoms with E-state index in [9.17, 15) is 0 Å². The fraction of sp³-hybridized carbons (Fsp3) is 0.333. The van der Waals surface area contributed by atoms with Crippen LogP contribution in [0.4, 0.5) is 0 Å². The van der Waals surface area contributed by atoms with E-state index in [0.29, 0.717) is 5.19 Å². The van der Waals surface area contributed by atoms with E-state index < -0.39 is 0 Å². The molecule has 90 valence electrons. The maximum Gasteiger partial charge on any atom is 0.298 e. The Bertz CT molecular complexity index is 513. The van der Waals surface area contributed by atoms with Crippen molar-refractivity contribution in [3.8, 4) is 10.9 Å². The molecule has 0 amide bonds. The summed E-state index contributed by atoms with van der Waals surface area (Å²) in [4.78, 5) is 4.34. The molecule has 0 aliphatic carbocycles. The second-order valence-electron chi connectivity index (χ2n) is 3.74. The Hall–Kier alpha value is -0.940. The van der Waals surface area contributed by atoms with Crippen molar-refractivity contribution in [2.75, 3.05) is 0 Å². The Labute approximate surface area is 113 Å². The molecule has 1 aromatic heterocycles. The van der Waals surface area contributed by atoms with E-state index in [2.05, 4.69) is 32.2 Å². The van der Waals surface area contributed by atoms with Gasteiger partial charge in [0.2, 0.25) is 0 Å². The van der Waals surface area contributed by atoms with Crippen LogP contribution in [0.5, 0.6) is 10.9 Å². The second-order valence-corrected chi connectivity index (χ2v) is 5.37. The standard InChI is InChI=1S/C12H13BrN2OS/c1-3-4-11-14-12(17-15-11)16-10-7-9(13)6-5-8(10)2/h5-7H,3-4H2,1-2H3. The molecule has 0 aliphatic heterocycles. The molecule has 0 radical (unpaired) electrons. The minimum atomic E-state index is 0.606. The van der Waals surface area contributed by atoms with Crippen molar-refractivity contribution in [3.05, 3.63) is 34.1 Å². The molecule has 0 saturated carbocycles. The van der Waals surface area contributed by atoms with Crippen molar-refractivity contribution >= 4 is 27.5 Å². The Morgan fingerprint density at radius 3 is 3.00 bits per heavy atom. The summed E-state index contributed by atoms with van der Waals surface area (Å²) in [7, 11) is 0. The first kappa shape index (κ1) is 12.5. The summed E-state index contributed by atoms with van der Waals surface area (Å²) >= 11 is 4.73. The lowest BCUT2D eigenvalue weighted by Gasteiger charge is -2.05. The van der Waals surface area contributed by atoms with Gasteiger partial charge in [0, 0.05) is 22.4 Å². The van der Waals surface area contributed by atoms with Gasteiger partial charge in [-0.15, -0.1) is 0 Å². The lowest BCUT2D eigenvalue weighted by Crippen LogP contribution is -1.89. The van der Waals surface area contributed by atoms with Crippen LogP contribution in [0, 0.1) is 6.92 Å². The lowest BCUT2D eigenvalue weighted by molar-refractivity contribution is 0.473. The van der Waals surface area contributed by atoms with Crippen LogP contribution in [0.15, 0.2) is 22.7 Å². The summed E-state index contributed by atoms with van der Waals surface area (Å²) in [5.41, 5.74) is 1.08. The molecule has 5 heteroatoms. The zero-order valence-corrected chi connectivity index (χ0v) is 12.1. The van der Waals surface area contributed by atoms with E-state index in [0.717, 1.165) is 34.5 Å². The van der Waals surface area contributed by atoms with E-state index in [1.54, 1.807) is 0 Å². The van der Waals surface area contributed by atoms with Crippen LogP contribution >= 0.6 is 27.5 Å². The average Bonchev–Trinajstić information content (AvgIpc) is 2.72. The number of aryl methyl sites for hydroxylation is 2. The van der Waals surface area contributed by atoms with Gasteiger partial charge in [-0.1, -0.05) is 28.9 Å². The molecule has 3 nitrogen and oxygen atoms in total. The van der Waals surface area contributed by atoms with Crippen LogP contribution in [0.2, 0.25) is 0 Å². The molecule has 0 saturated heterocycles. The molecule has 1 aromatic carbocycles.